The zero-order chi connectivity index (χ0) is 15.1. The van der Waals surface area contributed by atoms with Gasteiger partial charge in [-0.15, -0.1) is 0 Å². The number of hydrogen-bond acceptors (Lipinski definition) is 2. The van der Waals surface area contributed by atoms with Crippen LogP contribution in [0.25, 0.3) is 11.3 Å². The van der Waals surface area contributed by atoms with Crippen molar-refractivity contribution in [2.24, 2.45) is 5.92 Å². The lowest BCUT2D eigenvalue weighted by molar-refractivity contribution is 0.512. The van der Waals surface area contributed by atoms with Crippen molar-refractivity contribution in [1.82, 2.24) is 9.55 Å². The van der Waals surface area contributed by atoms with Gasteiger partial charge >= 0.3 is 0 Å². The highest BCUT2D eigenvalue weighted by Crippen LogP contribution is 2.44. The van der Waals surface area contributed by atoms with Crippen LogP contribution in [0.5, 0.6) is 0 Å². The number of imidazole rings is 1. The molecule has 5 heteroatoms. The summed E-state index contributed by atoms with van der Waals surface area (Å²) in [4.78, 5) is 4.79. The van der Waals surface area contributed by atoms with Gasteiger partial charge in [0.1, 0.15) is 17.3 Å². The Morgan fingerprint density at radius 2 is 2.05 bits per heavy atom. The molecule has 1 aliphatic carbocycles. The third-order valence-corrected chi connectivity index (χ3v) is 4.55. The van der Waals surface area contributed by atoms with Crippen molar-refractivity contribution in [2.75, 3.05) is 5.73 Å². The van der Waals surface area contributed by atoms with E-state index >= 15 is 0 Å². The van der Waals surface area contributed by atoms with Gasteiger partial charge in [-0.25, -0.2) is 4.98 Å². The normalized spacial score (nSPS) is 14.9. The van der Waals surface area contributed by atoms with Gasteiger partial charge in [-0.1, -0.05) is 49.2 Å². The van der Waals surface area contributed by atoms with E-state index in [0.717, 1.165) is 23.6 Å². The zero-order valence-electron chi connectivity index (χ0n) is 12.2. The van der Waals surface area contributed by atoms with Crippen LogP contribution >= 0.6 is 23.2 Å². The van der Waals surface area contributed by atoms with Gasteiger partial charge in [0.25, 0.3) is 0 Å². The summed E-state index contributed by atoms with van der Waals surface area (Å²) in [6.45, 7) is 5.24. The maximum Gasteiger partial charge on any atom is 0.131 e. The molecule has 0 amide bonds. The Kier molecular flexibility index (Phi) is 3.89. The molecule has 0 atom stereocenters. The van der Waals surface area contributed by atoms with Crippen LogP contribution in [0.3, 0.4) is 0 Å². The topological polar surface area (TPSA) is 43.8 Å². The lowest BCUT2D eigenvalue weighted by Crippen LogP contribution is -2.10. The molecule has 2 aromatic rings. The number of nitrogens with zero attached hydrogens (tertiary/aromatic N) is 2. The lowest BCUT2D eigenvalue weighted by Gasteiger charge is -2.12. The Morgan fingerprint density at radius 1 is 1.33 bits per heavy atom. The molecular formula is C16H19Cl2N3. The monoisotopic (exact) mass is 323 g/mol. The van der Waals surface area contributed by atoms with Gasteiger partial charge in [-0.05, 0) is 24.8 Å². The van der Waals surface area contributed by atoms with Crippen molar-refractivity contribution in [3.8, 4) is 11.3 Å². The summed E-state index contributed by atoms with van der Waals surface area (Å²) in [6.07, 6.45) is 2.38. The van der Waals surface area contributed by atoms with E-state index < -0.39 is 0 Å². The number of nitrogen functional groups attached to an aromatic ring is 1. The van der Waals surface area contributed by atoms with Crippen LogP contribution in [0, 0.1) is 5.92 Å². The predicted molar refractivity (Wildman–Crippen MR) is 88.9 cm³/mol. The first kappa shape index (κ1) is 14.7. The molecule has 1 fully saturated rings. The summed E-state index contributed by atoms with van der Waals surface area (Å²) < 4.78 is 2.15. The van der Waals surface area contributed by atoms with Gasteiger partial charge in [-0.3, -0.25) is 0 Å². The molecule has 21 heavy (non-hydrogen) atoms. The maximum atomic E-state index is 6.37. The highest BCUT2D eigenvalue weighted by Gasteiger charge is 2.31. The Morgan fingerprint density at radius 3 is 2.67 bits per heavy atom. The van der Waals surface area contributed by atoms with Crippen LogP contribution < -0.4 is 5.73 Å². The Balaban J connectivity index is 2.13. The van der Waals surface area contributed by atoms with Crippen LogP contribution in [0.15, 0.2) is 18.2 Å². The van der Waals surface area contributed by atoms with E-state index in [9.17, 15) is 0 Å². The van der Waals surface area contributed by atoms with Crippen LogP contribution in [0.2, 0.25) is 10.0 Å². The molecule has 0 saturated heterocycles. The first-order valence-corrected chi connectivity index (χ1v) is 8.05. The molecule has 0 radical (unpaired) electrons. The van der Waals surface area contributed by atoms with E-state index in [1.54, 1.807) is 6.07 Å². The molecule has 1 heterocycles. The largest absolute Gasteiger partial charge is 0.383 e. The fourth-order valence-electron chi connectivity index (χ4n) is 2.58. The van der Waals surface area contributed by atoms with Crippen molar-refractivity contribution in [2.45, 2.75) is 39.2 Å². The van der Waals surface area contributed by atoms with Crippen molar-refractivity contribution >= 4 is 29.0 Å². The smallest absolute Gasteiger partial charge is 0.131 e. The molecule has 3 nitrogen and oxygen atoms in total. The summed E-state index contributed by atoms with van der Waals surface area (Å²) in [5, 5.41) is 1.04. The molecule has 1 aliphatic rings. The van der Waals surface area contributed by atoms with E-state index in [2.05, 4.69) is 18.4 Å². The summed E-state index contributed by atoms with van der Waals surface area (Å²) in [7, 11) is 0. The highest BCUT2D eigenvalue weighted by atomic mass is 35.5. The first-order valence-electron chi connectivity index (χ1n) is 7.29. The molecular weight excluding hydrogens is 305 g/mol. The number of nitrogens with two attached hydrogens (primary N) is 1. The second-order valence-electron chi connectivity index (χ2n) is 6.08. The molecule has 0 aliphatic heterocycles. The molecule has 2 N–H and O–H groups in total. The molecule has 1 aromatic carbocycles. The van der Waals surface area contributed by atoms with Gasteiger partial charge in [-0.2, -0.15) is 0 Å². The number of aromatic nitrogens is 2. The van der Waals surface area contributed by atoms with E-state index in [0.29, 0.717) is 27.7 Å². The Bertz CT molecular complexity index is 672. The second-order valence-corrected chi connectivity index (χ2v) is 6.87. The molecule has 3 rings (SSSR count). The lowest BCUT2D eigenvalue weighted by atomic mass is 10.1. The summed E-state index contributed by atoms with van der Waals surface area (Å²) in [5.41, 5.74) is 7.93. The zero-order valence-corrected chi connectivity index (χ0v) is 13.7. The standard InChI is InChI=1S/C16H19Cl2N3/c1-9(2)8-21-15(19)14(20-16(21)10-6-7-10)11-4-3-5-12(17)13(11)18/h3-5,9-10H,6-8,19H2,1-2H3. The van der Waals surface area contributed by atoms with Crippen molar-refractivity contribution in [1.29, 1.82) is 0 Å². The highest BCUT2D eigenvalue weighted by molar-refractivity contribution is 6.43. The van der Waals surface area contributed by atoms with Gasteiger partial charge < -0.3 is 10.3 Å². The van der Waals surface area contributed by atoms with E-state index in [4.69, 9.17) is 33.9 Å². The van der Waals surface area contributed by atoms with Gasteiger partial charge in [0.2, 0.25) is 0 Å². The molecule has 0 unspecified atom stereocenters. The van der Waals surface area contributed by atoms with Crippen LogP contribution in [0.4, 0.5) is 5.82 Å². The fraction of sp³-hybridized carbons (Fsp3) is 0.438. The maximum absolute atomic E-state index is 6.37. The number of benzene rings is 1. The number of rotatable bonds is 4. The minimum absolute atomic E-state index is 0.515. The second kappa shape index (κ2) is 5.54. The van der Waals surface area contributed by atoms with Crippen LogP contribution in [-0.2, 0) is 6.54 Å². The van der Waals surface area contributed by atoms with Crippen molar-refractivity contribution in [3.63, 3.8) is 0 Å². The minimum Gasteiger partial charge on any atom is -0.383 e. The van der Waals surface area contributed by atoms with Crippen molar-refractivity contribution in [3.05, 3.63) is 34.1 Å². The molecule has 1 saturated carbocycles. The van der Waals surface area contributed by atoms with Crippen LogP contribution in [0.1, 0.15) is 38.4 Å². The van der Waals surface area contributed by atoms with Crippen LogP contribution in [-0.4, -0.2) is 9.55 Å². The van der Waals surface area contributed by atoms with E-state index in [-0.39, 0.29) is 0 Å². The van der Waals surface area contributed by atoms with Crippen molar-refractivity contribution < 1.29 is 0 Å². The Hall–Kier alpha value is -1.19. The quantitative estimate of drug-likeness (QED) is 0.862. The Labute approximate surface area is 135 Å². The van der Waals surface area contributed by atoms with E-state index in [1.165, 1.54) is 12.8 Å². The molecule has 112 valence electrons. The summed E-state index contributed by atoms with van der Waals surface area (Å²) >= 11 is 12.4. The van der Waals surface area contributed by atoms with E-state index in [1.807, 2.05) is 12.1 Å². The SMILES string of the molecule is CC(C)Cn1c(C2CC2)nc(-c2cccc(Cl)c2Cl)c1N. The minimum atomic E-state index is 0.515. The fourth-order valence-corrected chi connectivity index (χ4v) is 2.97. The third kappa shape index (κ3) is 2.77. The summed E-state index contributed by atoms with van der Waals surface area (Å²) in [5.74, 6) is 2.83. The third-order valence-electron chi connectivity index (χ3n) is 3.73. The average Bonchev–Trinajstić information content (AvgIpc) is 3.21. The predicted octanol–water partition coefficient (Wildman–Crippen LogP) is 4.97. The summed E-state index contributed by atoms with van der Waals surface area (Å²) in [6, 6.07) is 5.57. The molecule has 0 spiro atoms. The first-order chi connectivity index (χ1) is 9.99. The number of halogens is 2. The number of hydrogen-bond donors (Lipinski definition) is 1. The molecule has 0 bridgehead atoms. The number of anilines is 1. The average molecular weight is 324 g/mol. The van der Waals surface area contributed by atoms with Gasteiger partial charge in [0.15, 0.2) is 0 Å². The van der Waals surface area contributed by atoms with Gasteiger partial charge in [0, 0.05) is 18.0 Å². The molecule has 1 aromatic heterocycles. The van der Waals surface area contributed by atoms with Gasteiger partial charge in [0.05, 0.1) is 10.0 Å².